The van der Waals surface area contributed by atoms with E-state index in [-0.39, 0.29) is 35.4 Å². The molecule has 1 fully saturated rings. The van der Waals surface area contributed by atoms with Gasteiger partial charge in [0.2, 0.25) is 0 Å². The van der Waals surface area contributed by atoms with Gasteiger partial charge in [-0.05, 0) is 44.1 Å². The van der Waals surface area contributed by atoms with Crippen molar-refractivity contribution in [3.63, 3.8) is 0 Å². The highest BCUT2D eigenvalue weighted by Gasteiger charge is 2.61. The summed E-state index contributed by atoms with van der Waals surface area (Å²) >= 11 is 0. The lowest BCUT2D eigenvalue weighted by Gasteiger charge is -2.13. The van der Waals surface area contributed by atoms with Crippen LogP contribution in [0.4, 0.5) is 0 Å². The van der Waals surface area contributed by atoms with Gasteiger partial charge in [-0.2, -0.15) is 0 Å². The van der Waals surface area contributed by atoms with Crippen molar-refractivity contribution in [3.05, 3.63) is 47.6 Å². The number of Topliss-reactive ketones (excluding diaryl/α,β-unsaturated/α-hetero) is 1. The van der Waals surface area contributed by atoms with E-state index in [0.29, 0.717) is 6.42 Å². The number of allylic oxidation sites excluding steroid dienone is 6. The minimum atomic E-state index is -0.402. The second-order valence-electron chi connectivity index (χ2n) is 7.65. The van der Waals surface area contributed by atoms with Gasteiger partial charge in [-0.1, -0.05) is 50.3 Å². The van der Waals surface area contributed by atoms with Crippen LogP contribution in [0.3, 0.4) is 0 Å². The molecule has 24 heavy (non-hydrogen) atoms. The van der Waals surface area contributed by atoms with Crippen molar-refractivity contribution in [2.24, 2.45) is 17.3 Å². The van der Waals surface area contributed by atoms with E-state index in [2.05, 4.69) is 26.5 Å². The van der Waals surface area contributed by atoms with Gasteiger partial charge in [0.25, 0.3) is 0 Å². The zero-order chi connectivity index (χ0) is 18.1. The van der Waals surface area contributed by atoms with Gasteiger partial charge >= 0.3 is 5.97 Å². The third-order valence-electron chi connectivity index (χ3n) is 5.20. The molecule has 0 saturated heterocycles. The topological polar surface area (TPSA) is 43.4 Å². The maximum absolute atomic E-state index is 12.6. The molecule has 2 aliphatic carbocycles. The summed E-state index contributed by atoms with van der Waals surface area (Å²) in [7, 11) is 0. The zero-order valence-electron chi connectivity index (χ0n) is 15.4. The fourth-order valence-corrected chi connectivity index (χ4v) is 3.56. The molecule has 3 heteroatoms. The fraction of sp³-hybridized carbons (Fsp3) is 0.524. The first-order valence-electron chi connectivity index (χ1n) is 8.56. The number of hydrogen-bond donors (Lipinski definition) is 0. The molecule has 130 valence electrons. The summed E-state index contributed by atoms with van der Waals surface area (Å²) in [6.07, 6.45) is 8.01. The van der Waals surface area contributed by atoms with Crippen molar-refractivity contribution in [2.45, 2.75) is 53.6 Å². The Balaban J connectivity index is 2.05. The number of ketones is 1. The first-order valence-corrected chi connectivity index (χ1v) is 8.56. The van der Waals surface area contributed by atoms with E-state index in [9.17, 15) is 9.59 Å². The van der Waals surface area contributed by atoms with Gasteiger partial charge < -0.3 is 4.74 Å². The summed E-state index contributed by atoms with van der Waals surface area (Å²) in [5.41, 5.74) is 2.80. The Morgan fingerprint density at radius 1 is 1.38 bits per heavy atom. The van der Waals surface area contributed by atoms with Crippen LogP contribution in [0, 0.1) is 17.3 Å². The highest BCUT2D eigenvalue weighted by atomic mass is 16.5. The number of carbonyl (C=O) groups excluding carboxylic acids is 2. The summed E-state index contributed by atoms with van der Waals surface area (Å²) in [6, 6.07) is 0. The van der Waals surface area contributed by atoms with E-state index in [1.807, 2.05) is 32.9 Å². The predicted octanol–water partition coefficient (Wildman–Crippen LogP) is 4.56. The van der Waals surface area contributed by atoms with Crippen molar-refractivity contribution in [1.82, 2.24) is 0 Å². The van der Waals surface area contributed by atoms with E-state index >= 15 is 0 Å². The van der Waals surface area contributed by atoms with Crippen LogP contribution in [-0.4, -0.2) is 17.9 Å². The van der Waals surface area contributed by atoms with Crippen LogP contribution >= 0.6 is 0 Å². The van der Waals surface area contributed by atoms with Crippen molar-refractivity contribution in [3.8, 4) is 0 Å². The van der Waals surface area contributed by atoms with Gasteiger partial charge in [-0.3, -0.25) is 9.59 Å². The molecule has 1 saturated carbocycles. The van der Waals surface area contributed by atoms with Gasteiger partial charge in [-0.25, -0.2) is 0 Å². The van der Waals surface area contributed by atoms with Gasteiger partial charge in [0.15, 0.2) is 5.78 Å². The molecule has 0 amide bonds. The van der Waals surface area contributed by atoms with Gasteiger partial charge in [-0.15, -0.1) is 0 Å². The number of carbonyl (C=O) groups is 2. The van der Waals surface area contributed by atoms with Crippen molar-refractivity contribution in [1.29, 1.82) is 0 Å². The summed E-state index contributed by atoms with van der Waals surface area (Å²) in [5.74, 6) is 0.0175. The zero-order valence-corrected chi connectivity index (χ0v) is 15.4. The van der Waals surface area contributed by atoms with Crippen LogP contribution < -0.4 is 0 Å². The molecule has 0 spiro atoms. The van der Waals surface area contributed by atoms with Crippen LogP contribution in [0.15, 0.2) is 47.6 Å². The molecule has 0 bridgehead atoms. The van der Waals surface area contributed by atoms with Crippen LogP contribution in [0.1, 0.15) is 47.5 Å². The lowest BCUT2D eigenvalue weighted by molar-refractivity contribution is -0.150. The van der Waals surface area contributed by atoms with Gasteiger partial charge in [0, 0.05) is 5.57 Å². The summed E-state index contributed by atoms with van der Waals surface area (Å²) < 4.78 is 5.71. The number of hydrogen-bond acceptors (Lipinski definition) is 3. The van der Waals surface area contributed by atoms with E-state index in [1.165, 1.54) is 5.57 Å². The Hall–Kier alpha value is -1.90. The Labute approximate surface area is 145 Å². The molecule has 0 heterocycles. The van der Waals surface area contributed by atoms with Crippen LogP contribution in [0.2, 0.25) is 0 Å². The summed E-state index contributed by atoms with van der Waals surface area (Å²) in [6.45, 7) is 13.8. The average molecular weight is 328 g/mol. The molecule has 0 aromatic heterocycles. The first-order chi connectivity index (χ1) is 11.2. The van der Waals surface area contributed by atoms with Crippen molar-refractivity contribution >= 4 is 11.8 Å². The minimum absolute atomic E-state index is 0.0654. The second kappa shape index (κ2) is 6.92. The monoisotopic (exact) mass is 328 g/mol. The molecule has 0 aromatic carbocycles. The molecule has 0 aliphatic heterocycles. The molecule has 3 atom stereocenters. The number of ether oxygens (including phenoxy) is 1. The van der Waals surface area contributed by atoms with Gasteiger partial charge in [0.05, 0.1) is 12.3 Å². The molecule has 0 radical (unpaired) electrons. The Bertz CT molecular complexity index is 642. The summed E-state index contributed by atoms with van der Waals surface area (Å²) in [5, 5.41) is 0. The van der Waals surface area contributed by atoms with Crippen molar-refractivity contribution in [2.75, 3.05) is 0 Å². The number of esters is 1. The number of rotatable bonds is 6. The van der Waals surface area contributed by atoms with E-state index in [0.717, 1.165) is 11.1 Å². The van der Waals surface area contributed by atoms with Crippen LogP contribution in [0.25, 0.3) is 0 Å². The van der Waals surface area contributed by atoms with Crippen LogP contribution in [0.5, 0.6) is 0 Å². The quantitative estimate of drug-likeness (QED) is 0.408. The highest BCUT2D eigenvalue weighted by Crippen LogP contribution is 2.60. The second-order valence-corrected chi connectivity index (χ2v) is 7.65. The molecule has 3 nitrogen and oxygen atoms in total. The lowest BCUT2D eigenvalue weighted by atomic mass is 10.1. The third-order valence-corrected chi connectivity index (χ3v) is 5.20. The molecule has 2 aliphatic rings. The smallest absolute Gasteiger partial charge is 0.310 e. The summed E-state index contributed by atoms with van der Waals surface area (Å²) in [4.78, 5) is 24.8. The highest BCUT2D eigenvalue weighted by molar-refractivity contribution is 6.00. The normalized spacial score (nSPS) is 28.2. The Kier molecular flexibility index (Phi) is 5.32. The molecular weight excluding hydrogens is 300 g/mol. The predicted molar refractivity (Wildman–Crippen MR) is 96.4 cm³/mol. The molecule has 2 rings (SSSR count). The maximum atomic E-state index is 12.6. The van der Waals surface area contributed by atoms with Gasteiger partial charge in [0.1, 0.15) is 6.10 Å². The van der Waals surface area contributed by atoms with Crippen LogP contribution in [-0.2, 0) is 14.3 Å². The minimum Gasteiger partial charge on any atom is -0.457 e. The fourth-order valence-electron chi connectivity index (χ4n) is 3.56. The lowest BCUT2D eigenvalue weighted by Crippen LogP contribution is -2.20. The molecule has 0 aromatic rings. The average Bonchev–Trinajstić information content (AvgIpc) is 2.90. The maximum Gasteiger partial charge on any atom is 0.310 e. The van der Waals surface area contributed by atoms with E-state index in [4.69, 9.17) is 4.74 Å². The van der Waals surface area contributed by atoms with E-state index in [1.54, 1.807) is 6.08 Å². The largest absolute Gasteiger partial charge is 0.457 e. The first kappa shape index (κ1) is 18.4. The Morgan fingerprint density at radius 3 is 2.62 bits per heavy atom. The SMILES string of the molecule is C=C/C=C/CC1=C(C)[C@H](OC(=O)[C@H]2[C@@H](C=C(C)C)C2(C)C)CC1=O. The van der Waals surface area contributed by atoms with Crippen molar-refractivity contribution < 1.29 is 14.3 Å². The Morgan fingerprint density at radius 2 is 2.04 bits per heavy atom. The molecule has 0 unspecified atom stereocenters. The molecular formula is C21H28O3. The van der Waals surface area contributed by atoms with E-state index < -0.39 is 6.10 Å². The standard InChI is InChI=1S/C21H28O3/c1-7-8-9-10-15-14(4)18(12-17(15)22)24-20(23)19-16(11-13(2)3)21(19,5)6/h7-9,11,16,18-19H,1,10,12H2,2-6H3/b9-8+/t16-,18-,19-/m1/s1. The third kappa shape index (κ3) is 3.61. The molecule has 0 N–H and O–H groups in total.